The van der Waals surface area contributed by atoms with Crippen molar-refractivity contribution in [3.05, 3.63) is 45.0 Å². The van der Waals surface area contributed by atoms with Crippen LogP contribution in [0, 0.1) is 0 Å². The summed E-state index contributed by atoms with van der Waals surface area (Å²) in [6.07, 6.45) is 2.32. The van der Waals surface area contributed by atoms with E-state index >= 15 is 0 Å². The van der Waals surface area contributed by atoms with Gasteiger partial charge in [0.15, 0.2) is 0 Å². The first kappa shape index (κ1) is 14.1. The van der Waals surface area contributed by atoms with Gasteiger partial charge in [0.2, 0.25) is 0 Å². The Hall–Kier alpha value is -1.27. The Morgan fingerprint density at radius 1 is 1.58 bits per heavy atom. The highest BCUT2D eigenvalue weighted by Gasteiger charge is 2.09. The lowest BCUT2D eigenvalue weighted by atomic mass is 10.2. The molecule has 0 radical (unpaired) electrons. The lowest BCUT2D eigenvalue weighted by molar-refractivity contribution is 0.237. The van der Waals surface area contributed by atoms with Gasteiger partial charge in [-0.25, -0.2) is 4.79 Å². The summed E-state index contributed by atoms with van der Waals surface area (Å²) in [6.45, 7) is 2.49. The van der Waals surface area contributed by atoms with Crippen molar-refractivity contribution in [2.75, 3.05) is 0 Å². The molecule has 0 aliphatic carbocycles. The maximum atomic E-state index is 11.7. The maximum absolute atomic E-state index is 11.7. The second kappa shape index (κ2) is 6.77. The smallest absolute Gasteiger partial charge is 0.315 e. The third-order valence-electron chi connectivity index (χ3n) is 2.51. The van der Waals surface area contributed by atoms with Crippen LogP contribution in [-0.2, 0) is 13.0 Å². The molecular formula is C13H15BrN2O2S. The van der Waals surface area contributed by atoms with Crippen molar-refractivity contribution in [1.82, 2.24) is 10.6 Å². The largest absolute Gasteiger partial charge is 0.469 e. The maximum Gasteiger partial charge on any atom is 0.315 e. The van der Waals surface area contributed by atoms with Crippen molar-refractivity contribution < 1.29 is 9.21 Å². The number of rotatable bonds is 5. The van der Waals surface area contributed by atoms with Gasteiger partial charge in [-0.2, -0.15) is 0 Å². The van der Waals surface area contributed by atoms with Gasteiger partial charge in [-0.15, -0.1) is 11.3 Å². The molecule has 19 heavy (non-hydrogen) atoms. The van der Waals surface area contributed by atoms with Gasteiger partial charge in [-0.05, 0) is 41.1 Å². The molecule has 0 aliphatic heterocycles. The second-order valence-corrected chi connectivity index (χ2v) is 6.15. The van der Waals surface area contributed by atoms with Crippen molar-refractivity contribution in [3.8, 4) is 0 Å². The standard InChI is InChI=1S/C13H15BrN2O2S/c1-9(5-11-3-2-4-18-11)16-13(17)15-7-12-6-10(14)8-19-12/h2-4,6,8-9H,5,7H2,1H3,(H2,15,16,17). The summed E-state index contributed by atoms with van der Waals surface area (Å²) < 4.78 is 6.29. The molecule has 0 saturated heterocycles. The van der Waals surface area contributed by atoms with Gasteiger partial charge >= 0.3 is 6.03 Å². The molecule has 2 heterocycles. The summed E-state index contributed by atoms with van der Waals surface area (Å²) in [5.74, 6) is 0.870. The van der Waals surface area contributed by atoms with Crippen LogP contribution in [0.15, 0.2) is 38.7 Å². The number of furan rings is 1. The minimum absolute atomic E-state index is 0.0289. The average Bonchev–Trinajstić information content (AvgIpc) is 2.98. The first-order valence-corrected chi connectivity index (χ1v) is 7.60. The Labute approximate surface area is 124 Å². The van der Waals surface area contributed by atoms with Crippen molar-refractivity contribution in [3.63, 3.8) is 0 Å². The molecule has 2 amide bonds. The van der Waals surface area contributed by atoms with Crippen molar-refractivity contribution in [2.24, 2.45) is 0 Å². The molecule has 2 aromatic rings. The van der Waals surface area contributed by atoms with Gasteiger partial charge in [-0.1, -0.05) is 0 Å². The number of amides is 2. The van der Waals surface area contributed by atoms with E-state index in [4.69, 9.17) is 4.42 Å². The third kappa shape index (κ3) is 4.72. The fourth-order valence-corrected chi connectivity index (χ4v) is 3.06. The highest BCUT2D eigenvalue weighted by molar-refractivity contribution is 9.10. The van der Waals surface area contributed by atoms with E-state index in [1.807, 2.05) is 30.5 Å². The fraction of sp³-hybridized carbons (Fsp3) is 0.308. The molecule has 2 aromatic heterocycles. The van der Waals surface area contributed by atoms with Gasteiger partial charge in [0, 0.05) is 27.2 Å². The summed E-state index contributed by atoms with van der Waals surface area (Å²) in [5.41, 5.74) is 0. The second-order valence-electron chi connectivity index (χ2n) is 4.24. The van der Waals surface area contributed by atoms with Crippen LogP contribution in [0.2, 0.25) is 0 Å². The molecule has 1 unspecified atom stereocenters. The molecule has 0 fully saturated rings. The van der Waals surface area contributed by atoms with Crippen LogP contribution in [-0.4, -0.2) is 12.1 Å². The quantitative estimate of drug-likeness (QED) is 0.873. The Morgan fingerprint density at radius 3 is 3.05 bits per heavy atom. The first-order chi connectivity index (χ1) is 9.13. The lowest BCUT2D eigenvalue weighted by Gasteiger charge is -2.13. The van der Waals surface area contributed by atoms with Gasteiger partial charge in [0.1, 0.15) is 5.76 Å². The van der Waals surface area contributed by atoms with Gasteiger partial charge in [0.05, 0.1) is 12.8 Å². The monoisotopic (exact) mass is 342 g/mol. The van der Waals surface area contributed by atoms with E-state index in [0.717, 1.165) is 15.1 Å². The number of nitrogens with one attached hydrogen (secondary N) is 2. The lowest BCUT2D eigenvalue weighted by Crippen LogP contribution is -2.41. The summed E-state index contributed by atoms with van der Waals surface area (Å²) in [5, 5.41) is 7.70. The highest BCUT2D eigenvalue weighted by atomic mass is 79.9. The highest BCUT2D eigenvalue weighted by Crippen LogP contribution is 2.19. The van der Waals surface area contributed by atoms with E-state index in [-0.39, 0.29) is 12.1 Å². The van der Waals surface area contributed by atoms with Crippen LogP contribution in [0.4, 0.5) is 4.79 Å². The molecule has 0 saturated carbocycles. The molecule has 4 nitrogen and oxygen atoms in total. The van der Waals surface area contributed by atoms with E-state index in [9.17, 15) is 4.79 Å². The van der Waals surface area contributed by atoms with E-state index in [1.54, 1.807) is 17.6 Å². The molecule has 2 rings (SSSR count). The topological polar surface area (TPSA) is 54.3 Å². The molecule has 2 N–H and O–H groups in total. The summed E-state index contributed by atoms with van der Waals surface area (Å²) in [4.78, 5) is 12.8. The van der Waals surface area contributed by atoms with Crippen LogP contribution >= 0.6 is 27.3 Å². The minimum atomic E-state index is -0.163. The number of carbonyl (C=O) groups excluding carboxylic acids is 1. The molecule has 102 valence electrons. The predicted octanol–water partition coefficient (Wildman–Crippen LogP) is 3.53. The van der Waals surface area contributed by atoms with Crippen LogP contribution < -0.4 is 10.6 Å². The zero-order valence-corrected chi connectivity index (χ0v) is 12.9. The molecular weight excluding hydrogens is 328 g/mol. The molecule has 0 bridgehead atoms. The van der Waals surface area contributed by atoms with Crippen LogP contribution in [0.1, 0.15) is 17.6 Å². The number of hydrogen-bond acceptors (Lipinski definition) is 3. The Balaban J connectivity index is 1.71. The Kier molecular flexibility index (Phi) is 5.04. The molecule has 0 spiro atoms. The Morgan fingerprint density at radius 2 is 2.42 bits per heavy atom. The van der Waals surface area contributed by atoms with Gasteiger partial charge < -0.3 is 15.1 Å². The fourth-order valence-electron chi connectivity index (χ4n) is 1.67. The number of halogens is 1. The molecule has 1 atom stereocenters. The van der Waals surface area contributed by atoms with Crippen LogP contribution in [0.3, 0.4) is 0 Å². The number of thiophene rings is 1. The Bertz CT molecular complexity index is 524. The zero-order valence-electron chi connectivity index (χ0n) is 10.5. The van der Waals surface area contributed by atoms with Crippen molar-refractivity contribution in [2.45, 2.75) is 25.9 Å². The molecule has 0 aromatic carbocycles. The number of urea groups is 1. The third-order valence-corrected chi connectivity index (χ3v) is 4.21. The van der Waals surface area contributed by atoms with Crippen molar-refractivity contribution >= 4 is 33.3 Å². The van der Waals surface area contributed by atoms with Gasteiger partial charge in [-0.3, -0.25) is 0 Å². The zero-order chi connectivity index (χ0) is 13.7. The average molecular weight is 343 g/mol. The first-order valence-electron chi connectivity index (χ1n) is 5.93. The summed E-state index contributed by atoms with van der Waals surface area (Å²) >= 11 is 4.99. The SMILES string of the molecule is CC(Cc1ccco1)NC(=O)NCc1cc(Br)cs1. The van der Waals surface area contributed by atoms with Crippen molar-refractivity contribution in [1.29, 1.82) is 0 Å². The number of carbonyl (C=O) groups is 1. The predicted molar refractivity (Wildman–Crippen MR) is 79.3 cm³/mol. The van der Waals surface area contributed by atoms with E-state index in [1.165, 1.54) is 0 Å². The van der Waals surface area contributed by atoms with E-state index < -0.39 is 0 Å². The van der Waals surface area contributed by atoms with E-state index in [2.05, 4.69) is 26.6 Å². The van der Waals surface area contributed by atoms with Crippen LogP contribution in [0.25, 0.3) is 0 Å². The van der Waals surface area contributed by atoms with Crippen LogP contribution in [0.5, 0.6) is 0 Å². The summed E-state index contributed by atoms with van der Waals surface area (Å²) in [6, 6.07) is 5.61. The van der Waals surface area contributed by atoms with E-state index in [0.29, 0.717) is 13.0 Å². The van der Waals surface area contributed by atoms with Gasteiger partial charge in [0.25, 0.3) is 0 Å². The molecule has 0 aliphatic rings. The normalized spacial score (nSPS) is 12.1. The number of hydrogen-bond donors (Lipinski definition) is 2. The summed E-state index contributed by atoms with van der Waals surface area (Å²) in [7, 11) is 0. The molecule has 6 heteroatoms. The minimum Gasteiger partial charge on any atom is -0.469 e.